The second kappa shape index (κ2) is 3.62. The van der Waals surface area contributed by atoms with E-state index in [1.54, 1.807) is 0 Å². The number of nitrogens with zero attached hydrogens (tertiary/aromatic N) is 2. The minimum absolute atomic E-state index is 0.721. The van der Waals surface area contributed by atoms with Gasteiger partial charge in [-0.1, -0.05) is 30.3 Å². The zero-order valence-electron chi connectivity index (χ0n) is 8.86. The SMILES string of the molecule is Cc1cn(C)c(C#N)c1-c1ccccc1. The highest BCUT2D eigenvalue weighted by molar-refractivity contribution is 5.72. The van der Waals surface area contributed by atoms with Crippen molar-refractivity contribution in [3.8, 4) is 17.2 Å². The van der Waals surface area contributed by atoms with Gasteiger partial charge in [0, 0.05) is 18.8 Å². The highest BCUT2D eigenvalue weighted by atomic mass is 14.9. The summed E-state index contributed by atoms with van der Waals surface area (Å²) in [6.45, 7) is 2.03. The van der Waals surface area contributed by atoms with Gasteiger partial charge in [-0.05, 0) is 18.1 Å². The largest absolute Gasteiger partial charge is 0.342 e. The summed E-state index contributed by atoms with van der Waals surface area (Å²) in [6.07, 6.45) is 1.99. The first kappa shape index (κ1) is 9.54. The second-order valence-corrected chi connectivity index (χ2v) is 3.62. The van der Waals surface area contributed by atoms with Gasteiger partial charge in [0.25, 0.3) is 0 Å². The topological polar surface area (TPSA) is 28.7 Å². The lowest BCUT2D eigenvalue weighted by Crippen LogP contribution is -1.90. The van der Waals surface area contributed by atoms with Gasteiger partial charge in [0.15, 0.2) is 0 Å². The van der Waals surface area contributed by atoms with Gasteiger partial charge in [-0.2, -0.15) is 5.26 Å². The van der Waals surface area contributed by atoms with E-state index in [-0.39, 0.29) is 0 Å². The Morgan fingerprint density at radius 1 is 1.20 bits per heavy atom. The lowest BCUT2D eigenvalue weighted by Gasteiger charge is -2.01. The fourth-order valence-electron chi connectivity index (χ4n) is 1.89. The number of aryl methyl sites for hydroxylation is 2. The predicted octanol–water partition coefficient (Wildman–Crippen LogP) is 2.87. The number of hydrogen-bond donors (Lipinski definition) is 0. The summed E-state index contributed by atoms with van der Waals surface area (Å²) in [6, 6.07) is 12.3. The predicted molar refractivity (Wildman–Crippen MR) is 60.3 cm³/mol. The number of rotatable bonds is 1. The molecule has 1 aromatic heterocycles. The van der Waals surface area contributed by atoms with Crippen molar-refractivity contribution in [2.45, 2.75) is 6.92 Å². The van der Waals surface area contributed by atoms with Crippen molar-refractivity contribution in [3.63, 3.8) is 0 Å². The van der Waals surface area contributed by atoms with Crippen LogP contribution in [0.15, 0.2) is 36.5 Å². The van der Waals surface area contributed by atoms with Crippen molar-refractivity contribution in [1.29, 1.82) is 5.26 Å². The van der Waals surface area contributed by atoms with Crippen molar-refractivity contribution in [3.05, 3.63) is 47.8 Å². The van der Waals surface area contributed by atoms with Crippen LogP contribution in [0.1, 0.15) is 11.3 Å². The van der Waals surface area contributed by atoms with Gasteiger partial charge < -0.3 is 4.57 Å². The molecular formula is C13H12N2. The highest BCUT2D eigenvalue weighted by Crippen LogP contribution is 2.27. The van der Waals surface area contributed by atoms with Gasteiger partial charge in [-0.3, -0.25) is 0 Å². The second-order valence-electron chi connectivity index (χ2n) is 3.62. The molecule has 0 radical (unpaired) electrons. The Labute approximate surface area is 89.4 Å². The Balaban J connectivity index is 2.69. The Hall–Kier alpha value is -2.01. The zero-order valence-corrected chi connectivity index (χ0v) is 8.86. The lowest BCUT2D eigenvalue weighted by molar-refractivity contribution is 0.906. The molecule has 74 valence electrons. The van der Waals surface area contributed by atoms with Crippen molar-refractivity contribution in [2.24, 2.45) is 7.05 Å². The third-order valence-corrected chi connectivity index (χ3v) is 2.54. The van der Waals surface area contributed by atoms with E-state index in [2.05, 4.69) is 6.07 Å². The third-order valence-electron chi connectivity index (χ3n) is 2.54. The number of benzene rings is 1. The van der Waals surface area contributed by atoms with E-state index >= 15 is 0 Å². The molecule has 0 aliphatic rings. The number of aromatic nitrogens is 1. The molecule has 0 amide bonds. The quantitative estimate of drug-likeness (QED) is 0.689. The maximum atomic E-state index is 9.10. The van der Waals surface area contributed by atoms with Gasteiger partial charge in [0.2, 0.25) is 0 Å². The van der Waals surface area contributed by atoms with Crippen molar-refractivity contribution < 1.29 is 0 Å². The minimum Gasteiger partial charge on any atom is -0.342 e. The van der Waals surface area contributed by atoms with Crippen LogP contribution in [0.25, 0.3) is 11.1 Å². The summed E-state index contributed by atoms with van der Waals surface area (Å²) in [5.41, 5.74) is 4.01. The maximum Gasteiger partial charge on any atom is 0.128 e. The van der Waals surface area contributed by atoms with Crippen molar-refractivity contribution >= 4 is 0 Å². The zero-order chi connectivity index (χ0) is 10.8. The lowest BCUT2D eigenvalue weighted by atomic mass is 10.0. The normalized spacial score (nSPS) is 9.93. The fraction of sp³-hybridized carbons (Fsp3) is 0.154. The van der Waals surface area contributed by atoms with E-state index in [0.29, 0.717) is 0 Å². The van der Waals surface area contributed by atoms with Crippen LogP contribution in [0.3, 0.4) is 0 Å². The molecule has 0 unspecified atom stereocenters. The molecule has 15 heavy (non-hydrogen) atoms. The van der Waals surface area contributed by atoms with Crippen LogP contribution in [0.4, 0.5) is 0 Å². The molecule has 0 bridgehead atoms. The van der Waals surface area contributed by atoms with Gasteiger partial charge in [0.05, 0.1) is 0 Å². The first-order valence-corrected chi connectivity index (χ1v) is 4.85. The summed E-state index contributed by atoms with van der Waals surface area (Å²) in [5.74, 6) is 0. The minimum atomic E-state index is 0.721. The molecule has 0 aliphatic heterocycles. The summed E-state index contributed by atoms with van der Waals surface area (Å²) in [5, 5.41) is 9.10. The van der Waals surface area contributed by atoms with E-state index in [9.17, 15) is 0 Å². The Kier molecular flexibility index (Phi) is 2.31. The highest BCUT2D eigenvalue weighted by Gasteiger charge is 2.11. The molecule has 0 spiro atoms. The van der Waals surface area contributed by atoms with E-state index < -0.39 is 0 Å². The molecule has 1 aromatic carbocycles. The molecule has 1 heterocycles. The Morgan fingerprint density at radius 2 is 1.87 bits per heavy atom. The summed E-state index contributed by atoms with van der Waals surface area (Å²) in [4.78, 5) is 0. The standard InChI is InChI=1S/C13H12N2/c1-10-9-15(2)12(8-14)13(10)11-6-4-3-5-7-11/h3-7,9H,1-2H3. The molecule has 0 saturated carbocycles. The third kappa shape index (κ3) is 1.53. The number of hydrogen-bond acceptors (Lipinski definition) is 1. The van der Waals surface area contributed by atoms with Gasteiger partial charge in [-0.25, -0.2) is 0 Å². The Morgan fingerprint density at radius 3 is 2.47 bits per heavy atom. The Bertz CT molecular complexity index is 515. The first-order chi connectivity index (χ1) is 7.24. The summed E-state index contributed by atoms with van der Waals surface area (Å²) < 4.78 is 1.87. The molecular weight excluding hydrogens is 184 g/mol. The van der Waals surface area contributed by atoms with Crippen LogP contribution in [0, 0.1) is 18.3 Å². The fourth-order valence-corrected chi connectivity index (χ4v) is 1.89. The average molecular weight is 196 g/mol. The summed E-state index contributed by atoms with van der Waals surface area (Å²) >= 11 is 0. The van der Waals surface area contributed by atoms with E-state index in [1.807, 2.05) is 55.1 Å². The van der Waals surface area contributed by atoms with Crippen LogP contribution in [-0.2, 0) is 7.05 Å². The summed E-state index contributed by atoms with van der Waals surface area (Å²) in [7, 11) is 1.90. The van der Waals surface area contributed by atoms with Crippen LogP contribution in [-0.4, -0.2) is 4.57 Å². The van der Waals surface area contributed by atoms with Crippen LogP contribution >= 0.6 is 0 Å². The van der Waals surface area contributed by atoms with E-state index in [4.69, 9.17) is 5.26 Å². The molecule has 0 saturated heterocycles. The van der Waals surface area contributed by atoms with Gasteiger partial charge in [-0.15, -0.1) is 0 Å². The van der Waals surface area contributed by atoms with Gasteiger partial charge in [0.1, 0.15) is 11.8 Å². The molecule has 2 aromatic rings. The smallest absolute Gasteiger partial charge is 0.128 e. The molecule has 2 nitrogen and oxygen atoms in total. The van der Waals surface area contributed by atoms with E-state index in [0.717, 1.165) is 22.4 Å². The number of nitriles is 1. The first-order valence-electron chi connectivity index (χ1n) is 4.85. The van der Waals surface area contributed by atoms with Crippen LogP contribution in [0.5, 0.6) is 0 Å². The monoisotopic (exact) mass is 196 g/mol. The van der Waals surface area contributed by atoms with Crippen molar-refractivity contribution in [2.75, 3.05) is 0 Å². The van der Waals surface area contributed by atoms with Crippen molar-refractivity contribution in [1.82, 2.24) is 4.57 Å². The van der Waals surface area contributed by atoms with Crippen LogP contribution < -0.4 is 0 Å². The molecule has 0 N–H and O–H groups in total. The maximum absolute atomic E-state index is 9.10. The molecule has 0 atom stereocenters. The van der Waals surface area contributed by atoms with Gasteiger partial charge >= 0.3 is 0 Å². The van der Waals surface area contributed by atoms with E-state index in [1.165, 1.54) is 0 Å². The molecule has 2 rings (SSSR count). The molecule has 0 aliphatic carbocycles. The molecule has 0 fully saturated rings. The van der Waals surface area contributed by atoms with Crippen LogP contribution in [0.2, 0.25) is 0 Å². The average Bonchev–Trinajstić information content (AvgIpc) is 2.54. The molecule has 2 heteroatoms.